The van der Waals surface area contributed by atoms with Crippen LogP contribution in [0.15, 0.2) is 54.7 Å². The van der Waals surface area contributed by atoms with E-state index in [-0.39, 0.29) is 11.7 Å². The van der Waals surface area contributed by atoms with Crippen molar-refractivity contribution in [2.75, 3.05) is 0 Å². The summed E-state index contributed by atoms with van der Waals surface area (Å²) in [6.07, 6.45) is 1.98. The van der Waals surface area contributed by atoms with Crippen LogP contribution in [-0.4, -0.2) is 16.0 Å². The van der Waals surface area contributed by atoms with Gasteiger partial charge in [0.05, 0.1) is 6.04 Å². The summed E-state index contributed by atoms with van der Waals surface area (Å²) >= 11 is 6.09. The maximum atomic E-state index is 12.0. The van der Waals surface area contributed by atoms with Crippen LogP contribution >= 0.6 is 11.6 Å². The summed E-state index contributed by atoms with van der Waals surface area (Å²) in [5.74, 6) is -0.0463. The third-order valence-corrected chi connectivity index (χ3v) is 4.13. The zero-order valence-corrected chi connectivity index (χ0v) is 13.9. The Morgan fingerprint density at radius 2 is 2.08 bits per heavy atom. The van der Waals surface area contributed by atoms with Crippen molar-refractivity contribution in [3.05, 3.63) is 70.9 Å². The Labute approximate surface area is 145 Å². The number of phenols is 1. The molecule has 3 aromatic rings. The molecule has 0 fully saturated rings. The number of nitrogens with zero attached hydrogens (tertiary/aromatic N) is 1. The first kappa shape index (κ1) is 16.3. The van der Waals surface area contributed by atoms with Gasteiger partial charge in [0.2, 0.25) is 5.91 Å². The second-order valence-corrected chi connectivity index (χ2v) is 5.92. The van der Waals surface area contributed by atoms with E-state index >= 15 is 0 Å². The van der Waals surface area contributed by atoms with Crippen molar-refractivity contribution in [2.24, 2.45) is 0 Å². The lowest BCUT2D eigenvalue weighted by Crippen LogP contribution is -2.28. The fourth-order valence-corrected chi connectivity index (χ4v) is 2.87. The van der Waals surface area contributed by atoms with Crippen LogP contribution in [0.2, 0.25) is 5.02 Å². The number of benzene rings is 2. The van der Waals surface area contributed by atoms with Gasteiger partial charge in [-0.3, -0.25) is 9.78 Å². The molecule has 0 aliphatic heterocycles. The van der Waals surface area contributed by atoms with Crippen molar-refractivity contribution in [1.82, 2.24) is 10.3 Å². The molecule has 0 aliphatic rings. The predicted molar refractivity (Wildman–Crippen MR) is 95.1 cm³/mol. The molecule has 1 unspecified atom stereocenters. The number of pyridine rings is 1. The number of fused-ring (bicyclic) bond motifs is 1. The molecular weight excluding hydrogens is 324 g/mol. The molecule has 1 aromatic heterocycles. The van der Waals surface area contributed by atoms with Crippen molar-refractivity contribution in [3.8, 4) is 5.75 Å². The number of carbonyl (C=O) groups excluding carboxylic acids is 1. The van der Waals surface area contributed by atoms with Crippen LogP contribution in [0.25, 0.3) is 10.9 Å². The summed E-state index contributed by atoms with van der Waals surface area (Å²) in [7, 11) is 0. The summed E-state index contributed by atoms with van der Waals surface area (Å²) in [6, 6.07) is 14.1. The van der Waals surface area contributed by atoms with Crippen molar-refractivity contribution in [2.45, 2.75) is 19.4 Å². The minimum Gasteiger partial charge on any atom is -0.505 e. The van der Waals surface area contributed by atoms with Crippen molar-refractivity contribution in [3.63, 3.8) is 0 Å². The van der Waals surface area contributed by atoms with Crippen molar-refractivity contribution >= 4 is 28.4 Å². The Morgan fingerprint density at radius 1 is 1.25 bits per heavy atom. The predicted octanol–water partition coefficient (Wildman–Crippen LogP) is 4.21. The fraction of sp³-hybridized carbons (Fsp3) is 0.158. The highest BCUT2D eigenvalue weighted by molar-refractivity contribution is 6.30. The molecule has 0 spiro atoms. The first-order valence-electron chi connectivity index (χ1n) is 7.71. The van der Waals surface area contributed by atoms with Gasteiger partial charge in [0, 0.05) is 28.6 Å². The van der Waals surface area contributed by atoms with Gasteiger partial charge in [0.1, 0.15) is 11.3 Å². The highest BCUT2D eigenvalue weighted by Crippen LogP contribution is 2.35. The minimum absolute atomic E-state index is 0.0643. The molecule has 0 saturated carbocycles. The monoisotopic (exact) mass is 340 g/mol. The van der Waals surface area contributed by atoms with E-state index < -0.39 is 6.04 Å². The average molecular weight is 341 g/mol. The highest BCUT2D eigenvalue weighted by Gasteiger charge is 2.21. The number of hydrogen-bond donors (Lipinski definition) is 2. The molecule has 1 atom stereocenters. The number of nitrogens with one attached hydrogen (secondary N) is 1. The topological polar surface area (TPSA) is 62.2 Å². The zero-order chi connectivity index (χ0) is 17.1. The molecule has 24 heavy (non-hydrogen) atoms. The standard InChI is InChI=1S/C19H17ClN2O2/c1-2-16(23)22-17(13-5-3-7-14(20)11-13)15-9-8-12-6-4-10-21-18(12)19(15)24/h3-11,17,24H,2H2,1H3,(H,22,23). The summed E-state index contributed by atoms with van der Waals surface area (Å²) in [5.41, 5.74) is 1.90. The van der Waals surface area contributed by atoms with Crippen LogP contribution in [0.1, 0.15) is 30.5 Å². The smallest absolute Gasteiger partial charge is 0.220 e. The molecule has 0 bridgehead atoms. The second kappa shape index (κ2) is 6.89. The van der Waals surface area contributed by atoms with E-state index in [1.807, 2.05) is 30.3 Å². The van der Waals surface area contributed by atoms with E-state index in [1.54, 1.807) is 31.3 Å². The second-order valence-electron chi connectivity index (χ2n) is 5.49. The molecule has 0 saturated heterocycles. The molecule has 0 radical (unpaired) electrons. The van der Waals surface area contributed by atoms with E-state index in [1.165, 1.54) is 0 Å². The molecule has 1 amide bonds. The van der Waals surface area contributed by atoms with Gasteiger partial charge < -0.3 is 10.4 Å². The lowest BCUT2D eigenvalue weighted by molar-refractivity contribution is -0.121. The molecular formula is C19H17ClN2O2. The minimum atomic E-state index is -0.498. The average Bonchev–Trinajstić information content (AvgIpc) is 2.60. The molecule has 2 N–H and O–H groups in total. The van der Waals surface area contributed by atoms with E-state index in [0.29, 0.717) is 22.5 Å². The number of rotatable bonds is 4. The Bertz CT molecular complexity index is 895. The summed E-state index contributed by atoms with van der Waals surface area (Å²) < 4.78 is 0. The third kappa shape index (κ3) is 3.19. The number of hydrogen-bond acceptors (Lipinski definition) is 3. The van der Waals surface area contributed by atoms with E-state index in [4.69, 9.17) is 11.6 Å². The maximum absolute atomic E-state index is 12.0. The molecule has 2 aromatic carbocycles. The number of phenolic OH excluding ortho intramolecular Hbond substituents is 1. The molecule has 122 valence electrons. The lowest BCUT2D eigenvalue weighted by Gasteiger charge is -2.21. The Morgan fingerprint density at radius 3 is 2.83 bits per heavy atom. The van der Waals surface area contributed by atoms with Gasteiger partial charge in [-0.15, -0.1) is 0 Å². The zero-order valence-electron chi connectivity index (χ0n) is 13.2. The van der Waals surface area contributed by atoms with Crippen LogP contribution in [0.5, 0.6) is 5.75 Å². The third-order valence-electron chi connectivity index (χ3n) is 3.90. The molecule has 1 heterocycles. The van der Waals surface area contributed by atoms with Crippen LogP contribution in [0.3, 0.4) is 0 Å². The first-order chi connectivity index (χ1) is 11.6. The van der Waals surface area contributed by atoms with Crippen molar-refractivity contribution in [1.29, 1.82) is 0 Å². The number of aromatic hydroxyl groups is 1. The van der Waals surface area contributed by atoms with Gasteiger partial charge in [-0.25, -0.2) is 0 Å². The Balaban J connectivity index is 2.15. The maximum Gasteiger partial charge on any atom is 0.220 e. The Hall–Kier alpha value is -2.59. The lowest BCUT2D eigenvalue weighted by atomic mass is 9.96. The molecule has 4 nitrogen and oxygen atoms in total. The number of amides is 1. The van der Waals surface area contributed by atoms with E-state index in [9.17, 15) is 9.90 Å². The first-order valence-corrected chi connectivity index (χ1v) is 8.09. The SMILES string of the molecule is CCC(=O)NC(c1cccc(Cl)c1)c1ccc2cccnc2c1O. The summed E-state index contributed by atoms with van der Waals surface area (Å²) in [4.78, 5) is 16.2. The number of carbonyl (C=O) groups is 1. The summed E-state index contributed by atoms with van der Waals surface area (Å²) in [6.45, 7) is 1.78. The van der Waals surface area contributed by atoms with Gasteiger partial charge in [-0.1, -0.05) is 48.9 Å². The number of aromatic nitrogens is 1. The van der Waals surface area contributed by atoms with Crippen LogP contribution in [-0.2, 0) is 4.79 Å². The van der Waals surface area contributed by atoms with Gasteiger partial charge in [-0.2, -0.15) is 0 Å². The van der Waals surface area contributed by atoms with Crippen LogP contribution in [0.4, 0.5) is 0 Å². The largest absolute Gasteiger partial charge is 0.505 e. The number of halogens is 1. The van der Waals surface area contributed by atoms with E-state index in [0.717, 1.165) is 10.9 Å². The quantitative estimate of drug-likeness (QED) is 0.747. The van der Waals surface area contributed by atoms with Gasteiger partial charge >= 0.3 is 0 Å². The van der Waals surface area contributed by atoms with Gasteiger partial charge in [0.15, 0.2) is 0 Å². The normalized spacial score (nSPS) is 12.1. The van der Waals surface area contributed by atoms with Gasteiger partial charge in [-0.05, 0) is 23.8 Å². The molecule has 5 heteroatoms. The van der Waals surface area contributed by atoms with E-state index in [2.05, 4.69) is 10.3 Å². The van der Waals surface area contributed by atoms with Crippen molar-refractivity contribution < 1.29 is 9.90 Å². The highest BCUT2D eigenvalue weighted by atomic mass is 35.5. The van der Waals surface area contributed by atoms with Gasteiger partial charge in [0.25, 0.3) is 0 Å². The molecule has 3 rings (SSSR count). The Kier molecular flexibility index (Phi) is 4.67. The summed E-state index contributed by atoms with van der Waals surface area (Å²) in [5, 5.41) is 15.0. The molecule has 0 aliphatic carbocycles. The van der Waals surface area contributed by atoms with Crippen LogP contribution in [0, 0.1) is 0 Å². The van der Waals surface area contributed by atoms with Crippen LogP contribution < -0.4 is 5.32 Å². The fourth-order valence-electron chi connectivity index (χ4n) is 2.67.